The van der Waals surface area contributed by atoms with Crippen molar-refractivity contribution in [2.24, 2.45) is 0 Å². The molecule has 0 bridgehead atoms. The first kappa shape index (κ1) is 12.8. The van der Waals surface area contributed by atoms with Gasteiger partial charge in [-0.15, -0.1) is 10.2 Å². The minimum Gasteiger partial charge on any atom is -0.346 e. The lowest BCUT2D eigenvalue weighted by molar-refractivity contribution is 0.0915. The van der Waals surface area contributed by atoms with E-state index in [-0.39, 0.29) is 17.8 Å². The van der Waals surface area contributed by atoms with E-state index >= 15 is 0 Å². The van der Waals surface area contributed by atoms with E-state index in [0.717, 1.165) is 25.7 Å². The standard InChI is InChI=1S/C14H17N5O/c20-14(13-16-18-19-17-13)15-12-8-6-11(7-9-12)10-4-2-1-3-5-10/h1-5,11-12H,6-9H2,(H,15,20)(H,16,17,18,19). The molecule has 6 heteroatoms. The zero-order valence-corrected chi connectivity index (χ0v) is 11.1. The van der Waals surface area contributed by atoms with Crippen LogP contribution in [-0.4, -0.2) is 32.6 Å². The molecule has 0 radical (unpaired) electrons. The molecular weight excluding hydrogens is 254 g/mol. The van der Waals surface area contributed by atoms with Crippen LogP contribution in [0.1, 0.15) is 47.8 Å². The van der Waals surface area contributed by atoms with Gasteiger partial charge in [0.25, 0.3) is 11.7 Å². The molecule has 1 aromatic carbocycles. The van der Waals surface area contributed by atoms with Crippen LogP contribution in [0.25, 0.3) is 0 Å². The van der Waals surface area contributed by atoms with Crippen molar-refractivity contribution in [1.82, 2.24) is 25.9 Å². The Balaban J connectivity index is 1.53. The Labute approximate surface area is 117 Å². The van der Waals surface area contributed by atoms with Gasteiger partial charge < -0.3 is 5.32 Å². The molecule has 2 N–H and O–H groups in total. The second-order valence-corrected chi connectivity index (χ2v) is 5.17. The van der Waals surface area contributed by atoms with Gasteiger partial charge in [0.1, 0.15) is 0 Å². The summed E-state index contributed by atoms with van der Waals surface area (Å²) >= 11 is 0. The van der Waals surface area contributed by atoms with E-state index in [1.54, 1.807) is 0 Å². The number of nitrogens with one attached hydrogen (secondary N) is 2. The van der Waals surface area contributed by atoms with E-state index in [1.165, 1.54) is 5.56 Å². The molecule has 1 heterocycles. The molecule has 3 rings (SSSR count). The second-order valence-electron chi connectivity index (χ2n) is 5.17. The van der Waals surface area contributed by atoms with Gasteiger partial charge in [-0.25, -0.2) is 0 Å². The van der Waals surface area contributed by atoms with Crippen LogP contribution in [0, 0.1) is 0 Å². The molecule has 2 aromatic rings. The van der Waals surface area contributed by atoms with Crippen molar-refractivity contribution in [3.63, 3.8) is 0 Å². The molecule has 104 valence electrons. The van der Waals surface area contributed by atoms with E-state index in [2.05, 4.69) is 50.2 Å². The SMILES string of the molecule is O=C(NC1CCC(c2ccccc2)CC1)c1nn[nH]n1. The number of carbonyl (C=O) groups is 1. The van der Waals surface area contributed by atoms with Gasteiger partial charge in [-0.05, 0) is 42.4 Å². The Morgan fingerprint density at radius 1 is 1.15 bits per heavy atom. The number of hydrogen-bond donors (Lipinski definition) is 2. The maximum Gasteiger partial charge on any atom is 0.293 e. The topological polar surface area (TPSA) is 83.6 Å². The molecule has 20 heavy (non-hydrogen) atoms. The van der Waals surface area contributed by atoms with E-state index in [4.69, 9.17) is 0 Å². The number of tetrazole rings is 1. The molecule has 0 saturated heterocycles. The van der Waals surface area contributed by atoms with Gasteiger partial charge in [-0.2, -0.15) is 5.21 Å². The molecule has 1 saturated carbocycles. The molecule has 1 amide bonds. The number of rotatable bonds is 3. The van der Waals surface area contributed by atoms with Crippen LogP contribution in [-0.2, 0) is 0 Å². The molecule has 1 aliphatic rings. The molecule has 1 aliphatic carbocycles. The van der Waals surface area contributed by atoms with Crippen molar-refractivity contribution >= 4 is 5.91 Å². The van der Waals surface area contributed by atoms with Crippen LogP contribution in [0.4, 0.5) is 0 Å². The fourth-order valence-corrected chi connectivity index (χ4v) is 2.80. The number of carbonyl (C=O) groups excluding carboxylic acids is 1. The van der Waals surface area contributed by atoms with Gasteiger partial charge >= 0.3 is 0 Å². The van der Waals surface area contributed by atoms with E-state index in [0.29, 0.717) is 5.92 Å². The predicted molar refractivity (Wildman–Crippen MR) is 73.1 cm³/mol. The number of amides is 1. The van der Waals surface area contributed by atoms with Crippen molar-refractivity contribution in [3.8, 4) is 0 Å². The smallest absolute Gasteiger partial charge is 0.293 e. The van der Waals surface area contributed by atoms with Crippen molar-refractivity contribution in [2.45, 2.75) is 37.6 Å². The minimum absolute atomic E-state index is 0.107. The molecular formula is C14H17N5O. The van der Waals surface area contributed by atoms with Gasteiger partial charge in [0.15, 0.2) is 0 Å². The quantitative estimate of drug-likeness (QED) is 0.889. The third-order valence-electron chi connectivity index (χ3n) is 3.88. The van der Waals surface area contributed by atoms with Crippen LogP contribution in [0.2, 0.25) is 0 Å². The number of hydrogen-bond acceptors (Lipinski definition) is 4. The van der Waals surface area contributed by atoms with Gasteiger partial charge in [0.2, 0.25) is 0 Å². The molecule has 1 aromatic heterocycles. The molecule has 0 aliphatic heterocycles. The lowest BCUT2D eigenvalue weighted by Crippen LogP contribution is -2.37. The van der Waals surface area contributed by atoms with E-state index in [9.17, 15) is 4.79 Å². The highest BCUT2D eigenvalue weighted by Crippen LogP contribution is 2.32. The lowest BCUT2D eigenvalue weighted by Gasteiger charge is -2.29. The Morgan fingerprint density at radius 3 is 2.55 bits per heavy atom. The average Bonchev–Trinajstić information content (AvgIpc) is 3.03. The normalized spacial score (nSPS) is 22.4. The first-order valence-electron chi connectivity index (χ1n) is 6.92. The summed E-state index contributed by atoms with van der Waals surface area (Å²) in [6.45, 7) is 0. The second kappa shape index (κ2) is 5.81. The first-order valence-corrected chi connectivity index (χ1v) is 6.92. The van der Waals surface area contributed by atoms with Gasteiger partial charge in [0.05, 0.1) is 0 Å². The number of aromatic amines is 1. The number of benzene rings is 1. The third kappa shape index (κ3) is 2.84. The summed E-state index contributed by atoms with van der Waals surface area (Å²) in [6, 6.07) is 10.8. The largest absolute Gasteiger partial charge is 0.346 e. The maximum absolute atomic E-state index is 11.8. The van der Waals surface area contributed by atoms with Crippen molar-refractivity contribution in [1.29, 1.82) is 0 Å². The minimum atomic E-state index is -0.248. The number of H-pyrrole nitrogens is 1. The van der Waals surface area contributed by atoms with Crippen molar-refractivity contribution in [2.75, 3.05) is 0 Å². The van der Waals surface area contributed by atoms with Crippen molar-refractivity contribution in [3.05, 3.63) is 41.7 Å². The summed E-state index contributed by atoms with van der Waals surface area (Å²) < 4.78 is 0. The maximum atomic E-state index is 11.8. The van der Waals surface area contributed by atoms with Crippen LogP contribution in [0.3, 0.4) is 0 Å². The zero-order valence-electron chi connectivity index (χ0n) is 11.1. The number of aromatic nitrogens is 4. The Hall–Kier alpha value is -2.24. The molecule has 1 fully saturated rings. The highest BCUT2D eigenvalue weighted by molar-refractivity contribution is 5.90. The fourth-order valence-electron chi connectivity index (χ4n) is 2.80. The summed E-state index contributed by atoms with van der Waals surface area (Å²) in [5, 5.41) is 16.0. The van der Waals surface area contributed by atoms with Gasteiger partial charge in [-0.3, -0.25) is 4.79 Å². The van der Waals surface area contributed by atoms with Gasteiger partial charge in [0, 0.05) is 6.04 Å². The summed E-state index contributed by atoms with van der Waals surface area (Å²) in [7, 11) is 0. The van der Waals surface area contributed by atoms with Gasteiger partial charge in [-0.1, -0.05) is 30.3 Å². The Bertz CT molecular complexity index is 546. The molecule has 6 nitrogen and oxygen atoms in total. The predicted octanol–water partition coefficient (Wildman–Crippen LogP) is 1.66. The average molecular weight is 271 g/mol. The van der Waals surface area contributed by atoms with E-state index in [1.807, 2.05) is 6.07 Å². The molecule has 0 unspecified atom stereocenters. The summed E-state index contributed by atoms with van der Waals surface area (Å²) in [5.41, 5.74) is 1.40. The third-order valence-corrected chi connectivity index (χ3v) is 3.88. The Morgan fingerprint density at radius 2 is 1.90 bits per heavy atom. The monoisotopic (exact) mass is 271 g/mol. The molecule has 0 spiro atoms. The highest BCUT2D eigenvalue weighted by atomic mass is 16.2. The summed E-state index contributed by atoms with van der Waals surface area (Å²) in [6.07, 6.45) is 4.18. The van der Waals surface area contributed by atoms with Crippen LogP contribution >= 0.6 is 0 Å². The van der Waals surface area contributed by atoms with E-state index < -0.39 is 0 Å². The fraction of sp³-hybridized carbons (Fsp3) is 0.429. The Kier molecular flexibility index (Phi) is 3.71. The molecule has 0 atom stereocenters. The lowest BCUT2D eigenvalue weighted by atomic mass is 9.82. The van der Waals surface area contributed by atoms with Crippen LogP contribution in [0.5, 0.6) is 0 Å². The zero-order chi connectivity index (χ0) is 13.8. The number of nitrogens with zero attached hydrogens (tertiary/aromatic N) is 3. The van der Waals surface area contributed by atoms with Crippen molar-refractivity contribution < 1.29 is 4.79 Å². The van der Waals surface area contributed by atoms with Crippen LogP contribution in [0.15, 0.2) is 30.3 Å². The highest BCUT2D eigenvalue weighted by Gasteiger charge is 2.24. The summed E-state index contributed by atoms with van der Waals surface area (Å²) in [4.78, 5) is 11.8. The van der Waals surface area contributed by atoms with Crippen LogP contribution < -0.4 is 5.32 Å². The summed E-state index contributed by atoms with van der Waals surface area (Å²) in [5.74, 6) is 0.464. The first-order chi connectivity index (χ1) is 9.83.